The minimum atomic E-state index is -6.93. The number of halogens is 7. The van der Waals surface area contributed by atoms with E-state index >= 15 is 0 Å². The third-order valence-corrected chi connectivity index (χ3v) is 5.07. The number of rotatable bonds is 11. The Morgan fingerprint density at radius 1 is 0.881 bits per heavy atom. The van der Waals surface area contributed by atoms with Crippen LogP contribution in [0, 0.1) is 0 Å². The zero-order valence-electron chi connectivity index (χ0n) is 22.2. The first kappa shape index (κ1) is 35.9. The molecule has 20 heteroatoms. The summed E-state index contributed by atoms with van der Waals surface area (Å²) in [6, 6.07) is -2.47. The standard InChI is InChI=1S/C22H24F7NO12/c1-8(31)38-7-14(40-10(3)33)16(41-11(4)34)17-15(12(39-9(2)32)6-13(42-17)18(35)37-5)30-19(36)20(23,24)21(25,26)22(27,28)29/h6,12,14-17H,7H2,1-5H3,(H,30,36)/t12-,14+,15+,16+,17+/m0/s1. The molecule has 0 aromatic rings. The van der Waals surface area contributed by atoms with Gasteiger partial charge in [-0.1, -0.05) is 0 Å². The zero-order chi connectivity index (χ0) is 32.8. The molecule has 1 amide bonds. The van der Waals surface area contributed by atoms with Crippen LogP contribution in [0.25, 0.3) is 0 Å². The maximum atomic E-state index is 14.2. The van der Waals surface area contributed by atoms with Gasteiger partial charge in [-0.15, -0.1) is 0 Å². The molecule has 5 atom stereocenters. The third-order valence-electron chi connectivity index (χ3n) is 5.07. The van der Waals surface area contributed by atoms with Crippen LogP contribution in [0.4, 0.5) is 30.7 Å². The molecule has 0 bridgehead atoms. The molecule has 0 unspecified atom stereocenters. The molecule has 0 fully saturated rings. The van der Waals surface area contributed by atoms with Gasteiger partial charge in [0.05, 0.1) is 7.11 Å². The molecular weight excluding hydrogens is 603 g/mol. The van der Waals surface area contributed by atoms with Gasteiger partial charge in [-0.05, 0) is 0 Å². The first-order valence-electron chi connectivity index (χ1n) is 11.3. The zero-order valence-corrected chi connectivity index (χ0v) is 22.2. The number of alkyl halides is 7. The average molecular weight is 627 g/mol. The molecule has 0 spiro atoms. The van der Waals surface area contributed by atoms with Crippen LogP contribution in [-0.4, -0.2) is 97.9 Å². The van der Waals surface area contributed by atoms with Crippen molar-refractivity contribution in [1.82, 2.24) is 5.32 Å². The number of carbonyl (C=O) groups is 6. The molecule has 1 aliphatic rings. The lowest BCUT2D eigenvalue weighted by atomic mass is 9.92. The summed E-state index contributed by atoms with van der Waals surface area (Å²) in [5.74, 6) is -23.7. The van der Waals surface area contributed by atoms with E-state index in [-0.39, 0.29) is 0 Å². The molecule has 1 N–H and O–H groups in total. The second-order valence-corrected chi connectivity index (χ2v) is 8.35. The first-order valence-corrected chi connectivity index (χ1v) is 11.3. The van der Waals surface area contributed by atoms with Gasteiger partial charge < -0.3 is 33.7 Å². The van der Waals surface area contributed by atoms with E-state index in [0.717, 1.165) is 33.2 Å². The van der Waals surface area contributed by atoms with Crippen molar-refractivity contribution in [3.05, 3.63) is 11.8 Å². The summed E-state index contributed by atoms with van der Waals surface area (Å²) in [6.45, 7) is 2.15. The van der Waals surface area contributed by atoms with Gasteiger partial charge in [-0.3, -0.25) is 24.0 Å². The van der Waals surface area contributed by atoms with Crippen LogP contribution in [0.2, 0.25) is 0 Å². The molecule has 0 aromatic heterocycles. The maximum Gasteiger partial charge on any atom is 0.460 e. The van der Waals surface area contributed by atoms with Gasteiger partial charge in [0.2, 0.25) is 5.76 Å². The summed E-state index contributed by atoms with van der Waals surface area (Å²) in [7, 11) is 0.807. The van der Waals surface area contributed by atoms with Crippen LogP contribution in [0.1, 0.15) is 27.7 Å². The van der Waals surface area contributed by atoms with Crippen molar-refractivity contribution in [2.24, 2.45) is 0 Å². The Morgan fingerprint density at radius 2 is 1.43 bits per heavy atom. The molecule has 0 aliphatic carbocycles. The fraction of sp³-hybridized carbons (Fsp3) is 0.636. The quantitative estimate of drug-likeness (QED) is 0.197. The predicted octanol–water partition coefficient (Wildman–Crippen LogP) is 1.12. The van der Waals surface area contributed by atoms with Crippen LogP contribution in [0.5, 0.6) is 0 Å². The second-order valence-electron chi connectivity index (χ2n) is 8.35. The Morgan fingerprint density at radius 3 is 1.86 bits per heavy atom. The molecule has 42 heavy (non-hydrogen) atoms. The largest absolute Gasteiger partial charge is 0.477 e. The molecule has 1 rings (SSSR count). The molecule has 0 radical (unpaired) electrons. The summed E-state index contributed by atoms with van der Waals surface area (Å²) in [5, 5.41) is 1.14. The van der Waals surface area contributed by atoms with Gasteiger partial charge in [0, 0.05) is 33.8 Å². The number of ether oxygens (including phenoxy) is 6. The average Bonchev–Trinajstić information content (AvgIpc) is 2.83. The number of amides is 1. The maximum absolute atomic E-state index is 14.2. The van der Waals surface area contributed by atoms with Crippen molar-refractivity contribution in [1.29, 1.82) is 0 Å². The van der Waals surface area contributed by atoms with E-state index in [1.54, 1.807) is 0 Å². The number of carbonyl (C=O) groups excluding carboxylic acids is 6. The van der Waals surface area contributed by atoms with E-state index in [2.05, 4.69) is 4.74 Å². The minimum Gasteiger partial charge on any atom is -0.477 e. The van der Waals surface area contributed by atoms with Crippen molar-refractivity contribution in [3.8, 4) is 0 Å². The van der Waals surface area contributed by atoms with Crippen molar-refractivity contribution in [3.63, 3.8) is 0 Å². The lowest BCUT2D eigenvalue weighted by molar-refractivity contribution is -0.344. The topological polar surface area (TPSA) is 170 Å². The molecular formula is C22H24F7NO12. The van der Waals surface area contributed by atoms with Gasteiger partial charge in [-0.25, -0.2) is 4.79 Å². The Bertz CT molecular complexity index is 1110. The SMILES string of the molecule is COC(=O)C1=C[C@H](OC(C)=O)[C@@H](NC(=O)C(F)(F)C(F)(F)C(F)(F)F)[C@H]([C@H](OC(C)=O)[C@@H](COC(C)=O)OC(C)=O)O1. The number of hydrogen-bond donors (Lipinski definition) is 1. The molecule has 1 aliphatic heterocycles. The summed E-state index contributed by atoms with van der Waals surface area (Å²) >= 11 is 0. The van der Waals surface area contributed by atoms with Crippen molar-refractivity contribution in [2.75, 3.05) is 13.7 Å². The summed E-state index contributed by atoms with van der Waals surface area (Å²) in [5.41, 5.74) is 0. The van der Waals surface area contributed by atoms with Crippen LogP contribution in [-0.2, 0) is 57.2 Å². The Kier molecular flexibility index (Phi) is 11.7. The number of nitrogens with one attached hydrogen (secondary N) is 1. The van der Waals surface area contributed by atoms with Crippen molar-refractivity contribution < 1.29 is 87.9 Å². The van der Waals surface area contributed by atoms with E-state index < -0.39 is 96.6 Å². The number of hydrogen-bond acceptors (Lipinski definition) is 12. The van der Waals surface area contributed by atoms with Gasteiger partial charge in [0.1, 0.15) is 18.8 Å². The molecule has 0 aromatic carbocycles. The van der Waals surface area contributed by atoms with E-state index in [4.69, 9.17) is 23.7 Å². The number of esters is 5. The Balaban J connectivity index is 3.87. The van der Waals surface area contributed by atoms with Gasteiger partial charge in [0.15, 0.2) is 18.3 Å². The Hall–Kier alpha value is -4.13. The Labute approximate surface area is 231 Å². The smallest absolute Gasteiger partial charge is 0.460 e. The first-order chi connectivity index (χ1) is 19.1. The summed E-state index contributed by atoms with van der Waals surface area (Å²) in [4.78, 5) is 71.3. The fourth-order valence-corrected chi connectivity index (χ4v) is 3.37. The minimum absolute atomic E-state index is 0.506. The monoisotopic (exact) mass is 627 g/mol. The van der Waals surface area contributed by atoms with Crippen LogP contribution >= 0.6 is 0 Å². The van der Waals surface area contributed by atoms with Crippen LogP contribution < -0.4 is 5.32 Å². The third kappa shape index (κ3) is 8.68. The van der Waals surface area contributed by atoms with Gasteiger partial charge >= 0.3 is 47.9 Å². The van der Waals surface area contributed by atoms with E-state index in [1.165, 1.54) is 0 Å². The summed E-state index contributed by atoms with van der Waals surface area (Å²) < 4.78 is 123. The van der Waals surface area contributed by atoms with E-state index in [0.29, 0.717) is 13.0 Å². The lowest BCUT2D eigenvalue weighted by Gasteiger charge is -2.41. The highest BCUT2D eigenvalue weighted by Gasteiger charge is 2.76. The van der Waals surface area contributed by atoms with Crippen LogP contribution in [0.3, 0.4) is 0 Å². The van der Waals surface area contributed by atoms with E-state index in [1.807, 2.05) is 0 Å². The molecule has 0 saturated carbocycles. The van der Waals surface area contributed by atoms with Gasteiger partial charge in [-0.2, -0.15) is 30.7 Å². The van der Waals surface area contributed by atoms with Crippen molar-refractivity contribution >= 4 is 35.8 Å². The molecule has 238 valence electrons. The molecule has 13 nitrogen and oxygen atoms in total. The highest BCUT2D eigenvalue weighted by atomic mass is 19.4. The number of methoxy groups -OCH3 is 1. The highest BCUT2D eigenvalue weighted by molar-refractivity contribution is 5.87. The normalized spacial score (nSPS) is 20.5. The molecule has 1 heterocycles. The van der Waals surface area contributed by atoms with E-state index in [9.17, 15) is 59.5 Å². The lowest BCUT2D eigenvalue weighted by Crippen LogP contribution is -2.66. The molecule has 0 saturated heterocycles. The van der Waals surface area contributed by atoms with Crippen molar-refractivity contribution in [2.45, 2.75) is 76.2 Å². The van der Waals surface area contributed by atoms with Crippen LogP contribution in [0.15, 0.2) is 11.8 Å². The predicted molar refractivity (Wildman–Crippen MR) is 116 cm³/mol. The second kappa shape index (κ2) is 13.7. The highest BCUT2D eigenvalue weighted by Crippen LogP contribution is 2.46. The fourth-order valence-electron chi connectivity index (χ4n) is 3.37. The van der Waals surface area contributed by atoms with Gasteiger partial charge in [0.25, 0.3) is 5.91 Å². The summed E-state index contributed by atoms with van der Waals surface area (Å²) in [6.07, 6.45) is -15.2.